The van der Waals surface area contributed by atoms with Gasteiger partial charge in [-0.2, -0.15) is 11.8 Å². The standard InChI is InChI=1S/C19H27N3O3S2/c1-26-11-17(22-27(24,25)14-9-20-10-14)19(23)21-18-15-6-2-4-12(15)8-13-5-3-7-16(13)18/h8,14,17,20,22H,2-7,9-11H2,1H3,(H,21,23). The zero-order valence-corrected chi connectivity index (χ0v) is 17.3. The fourth-order valence-corrected chi connectivity index (χ4v) is 6.41. The molecule has 3 aliphatic rings. The summed E-state index contributed by atoms with van der Waals surface area (Å²) in [6.07, 6.45) is 8.25. The number of aryl methyl sites for hydroxylation is 2. The first-order valence-electron chi connectivity index (χ1n) is 9.67. The SMILES string of the molecule is CSCC(NS(=O)(=O)C1CNC1)C(=O)Nc1c2c(cc3c1CCC3)CCC2. The Morgan fingerprint density at radius 1 is 1.19 bits per heavy atom. The molecule has 1 aromatic rings. The van der Waals surface area contributed by atoms with Crippen LogP contribution in [-0.4, -0.2) is 50.7 Å². The summed E-state index contributed by atoms with van der Waals surface area (Å²) in [6.45, 7) is 0.894. The maximum Gasteiger partial charge on any atom is 0.243 e. The zero-order chi connectivity index (χ0) is 19.0. The first-order chi connectivity index (χ1) is 13.0. The van der Waals surface area contributed by atoms with Crippen molar-refractivity contribution >= 4 is 33.4 Å². The van der Waals surface area contributed by atoms with E-state index in [4.69, 9.17) is 0 Å². The second-order valence-corrected chi connectivity index (χ2v) is 10.6. The molecule has 1 heterocycles. The van der Waals surface area contributed by atoms with Gasteiger partial charge in [0.25, 0.3) is 0 Å². The summed E-state index contributed by atoms with van der Waals surface area (Å²) < 4.78 is 27.6. The van der Waals surface area contributed by atoms with Crippen LogP contribution in [0.5, 0.6) is 0 Å². The van der Waals surface area contributed by atoms with Crippen LogP contribution in [0.25, 0.3) is 0 Å². The van der Waals surface area contributed by atoms with Gasteiger partial charge in [-0.3, -0.25) is 4.79 Å². The number of carbonyl (C=O) groups excluding carboxylic acids is 1. The van der Waals surface area contributed by atoms with E-state index in [-0.39, 0.29) is 5.91 Å². The smallest absolute Gasteiger partial charge is 0.243 e. The number of benzene rings is 1. The third-order valence-electron chi connectivity index (χ3n) is 5.86. The van der Waals surface area contributed by atoms with Gasteiger partial charge in [0.1, 0.15) is 11.3 Å². The van der Waals surface area contributed by atoms with Gasteiger partial charge in [-0.15, -0.1) is 0 Å². The molecule has 148 valence electrons. The molecule has 1 fully saturated rings. The second kappa shape index (κ2) is 7.73. The number of amides is 1. The summed E-state index contributed by atoms with van der Waals surface area (Å²) in [7, 11) is -3.49. The van der Waals surface area contributed by atoms with Crippen molar-refractivity contribution in [3.05, 3.63) is 28.3 Å². The van der Waals surface area contributed by atoms with Crippen LogP contribution in [0.2, 0.25) is 0 Å². The predicted octanol–water partition coefficient (Wildman–Crippen LogP) is 1.23. The molecular weight excluding hydrogens is 382 g/mol. The molecule has 2 aliphatic carbocycles. The van der Waals surface area contributed by atoms with Gasteiger partial charge in [0, 0.05) is 24.5 Å². The quantitative estimate of drug-likeness (QED) is 0.630. The molecule has 8 heteroatoms. The Bertz CT molecular complexity index is 818. The van der Waals surface area contributed by atoms with Crippen molar-refractivity contribution in [2.75, 3.05) is 30.4 Å². The molecule has 0 aromatic heterocycles. The van der Waals surface area contributed by atoms with Crippen molar-refractivity contribution in [1.29, 1.82) is 0 Å². The lowest BCUT2D eigenvalue weighted by Gasteiger charge is -2.29. The van der Waals surface area contributed by atoms with E-state index in [1.165, 1.54) is 34.0 Å². The molecule has 0 radical (unpaired) electrons. The monoisotopic (exact) mass is 409 g/mol. The van der Waals surface area contributed by atoms with E-state index in [1.807, 2.05) is 6.26 Å². The van der Waals surface area contributed by atoms with Crippen LogP contribution in [-0.2, 0) is 40.5 Å². The number of rotatable bonds is 7. The number of fused-ring (bicyclic) bond motifs is 2. The largest absolute Gasteiger partial charge is 0.324 e. The number of thioether (sulfide) groups is 1. The van der Waals surface area contributed by atoms with Gasteiger partial charge >= 0.3 is 0 Å². The molecule has 1 amide bonds. The molecule has 27 heavy (non-hydrogen) atoms. The zero-order valence-electron chi connectivity index (χ0n) is 15.6. The molecule has 0 saturated carbocycles. The average Bonchev–Trinajstić information content (AvgIpc) is 3.20. The minimum Gasteiger partial charge on any atom is -0.324 e. The van der Waals surface area contributed by atoms with Crippen LogP contribution < -0.4 is 15.4 Å². The molecule has 4 rings (SSSR count). The van der Waals surface area contributed by atoms with Crippen LogP contribution >= 0.6 is 11.8 Å². The summed E-state index contributed by atoms with van der Waals surface area (Å²) in [5.74, 6) is 0.178. The van der Waals surface area contributed by atoms with E-state index in [0.717, 1.165) is 44.2 Å². The Balaban J connectivity index is 1.57. The molecule has 0 spiro atoms. The maximum atomic E-state index is 13.0. The molecule has 6 nitrogen and oxygen atoms in total. The van der Waals surface area contributed by atoms with Gasteiger partial charge in [-0.05, 0) is 67.0 Å². The fourth-order valence-electron chi connectivity index (χ4n) is 4.28. The Labute approximate surface area is 165 Å². The van der Waals surface area contributed by atoms with E-state index >= 15 is 0 Å². The van der Waals surface area contributed by atoms with Crippen molar-refractivity contribution in [2.45, 2.75) is 49.8 Å². The third-order valence-corrected chi connectivity index (χ3v) is 8.35. The number of nitrogens with one attached hydrogen (secondary N) is 3. The molecule has 1 atom stereocenters. The van der Waals surface area contributed by atoms with Gasteiger partial charge in [-0.1, -0.05) is 6.07 Å². The molecule has 0 bridgehead atoms. The average molecular weight is 410 g/mol. The lowest BCUT2D eigenvalue weighted by Crippen LogP contribution is -2.58. The van der Waals surface area contributed by atoms with Crippen molar-refractivity contribution in [3.63, 3.8) is 0 Å². The number of carbonyl (C=O) groups is 1. The normalized spacial score (nSPS) is 20.0. The summed E-state index contributed by atoms with van der Waals surface area (Å²) >= 11 is 1.47. The minimum atomic E-state index is -3.49. The highest BCUT2D eigenvalue weighted by Crippen LogP contribution is 2.38. The van der Waals surface area contributed by atoms with E-state index in [9.17, 15) is 13.2 Å². The van der Waals surface area contributed by atoms with Crippen molar-refractivity contribution < 1.29 is 13.2 Å². The van der Waals surface area contributed by atoms with Crippen molar-refractivity contribution in [2.24, 2.45) is 0 Å². The third kappa shape index (κ3) is 3.77. The second-order valence-electron chi connectivity index (χ2n) is 7.67. The first kappa shape index (κ1) is 19.2. The van der Waals surface area contributed by atoms with Gasteiger partial charge in [0.2, 0.25) is 15.9 Å². The lowest BCUT2D eigenvalue weighted by atomic mass is 9.98. The van der Waals surface area contributed by atoms with E-state index in [2.05, 4.69) is 21.4 Å². The summed E-state index contributed by atoms with van der Waals surface area (Å²) in [4.78, 5) is 13.0. The number of hydrogen-bond donors (Lipinski definition) is 3. The molecule has 3 N–H and O–H groups in total. The van der Waals surface area contributed by atoms with Crippen LogP contribution in [0.4, 0.5) is 5.69 Å². The summed E-state index contributed by atoms with van der Waals surface area (Å²) in [5, 5.41) is 5.66. The van der Waals surface area contributed by atoms with E-state index in [1.54, 1.807) is 0 Å². The lowest BCUT2D eigenvalue weighted by molar-refractivity contribution is -0.117. The summed E-state index contributed by atoms with van der Waals surface area (Å²) in [5.41, 5.74) is 6.20. The number of anilines is 1. The van der Waals surface area contributed by atoms with Gasteiger partial charge < -0.3 is 10.6 Å². The Kier molecular flexibility index (Phi) is 5.51. The van der Waals surface area contributed by atoms with Crippen molar-refractivity contribution in [3.8, 4) is 0 Å². The number of sulfonamides is 1. The molecule has 1 unspecified atom stereocenters. The van der Waals surface area contributed by atoms with E-state index < -0.39 is 21.3 Å². The van der Waals surface area contributed by atoms with Crippen LogP contribution in [0.1, 0.15) is 35.1 Å². The molecule has 1 saturated heterocycles. The summed E-state index contributed by atoms with van der Waals surface area (Å²) in [6, 6.07) is 1.58. The topological polar surface area (TPSA) is 87.3 Å². The highest BCUT2D eigenvalue weighted by atomic mass is 32.2. The van der Waals surface area contributed by atoms with Gasteiger partial charge in [0.05, 0.1) is 0 Å². The number of hydrogen-bond acceptors (Lipinski definition) is 5. The molecular formula is C19H27N3O3S2. The maximum absolute atomic E-state index is 13.0. The molecule has 1 aliphatic heterocycles. The van der Waals surface area contributed by atoms with Crippen molar-refractivity contribution in [1.82, 2.24) is 10.0 Å². The first-order valence-corrected chi connectivity index (χ1v) is 12.6. The Hall–Kier alpha value is -1.09. The Morgan fingerprint density at radius 2 is 1.81 bits per heavy atom. The predicted molar refractivity (Wildman–Crippen MR) is 110 cm³/mol. The van der Waals surface area contributed by atoms with Crippen LogP contribution in [0, 0.1) is 0 Å². The highest BCUT2D eigenvalue weighted by molar-refractivity contribution is 7.98. The van der Waals surface area contributed by atoms with Crippen LogP contribution in [0.3, 0.4) is 0 Å². The minimum absolute atomic E-state index is 0.241. The van der Waals surface area contributed by atoms with Gasteiger partial charge in [-0.25, -0.2) is 13.1 Å². The van der Waals surface area contributed by atoms with E-state index in [0.29, 0.717) is 18.8 Å². The fraction of sp³-hybridized carbons (Fsp3) is 0.632. The highest BCUT2D eigenvalue weighted by Gasteiger charge is 2.35. The Morgan fingerprint density at radius 3 is 2.33 bits per heavy atom. The molecule has 1 aromatic carbocycles. The van der Waals surface area contributed by atoms with Crippen LogP contribution in [0.15, 0.2) is 6.07 Å². The van der Waals surface area contributed by atoms with Gasteiger partial charge in [0.15, 0.2) is 0 Å².